The van der Waals surface area contributed by atoms with Crippen molar-refractivity contribution in [3.05, 3.63) is 28.3 Å². The highest BCUT2D eigenvalue weighted by molar-refractivity contribution is 5.67. The molecule has 118 valence electrons. The Kier molecular flexibility index (Phi) is 7.49. The number of anilines is 2. The first kappa shape index (κ1) is 17.2. The molecule has 1 aromatic rings. The highest BCUT2D eigenvalue weighted by Gasteiger charge is 2.14. The van der Waals surface area contributed by atoms with E-state index in [4.69, 9.17) is 5.11 Å². The molecule has 7 heteroatoms. The summed E-state index contributed by atoms with van der Waals surface area (Å²) < 4.78 is 0. The van der Waals surface area contributed by atoms with Crippen LogP contribution in [0.1, 0.15) is 13.8 Å². The van der Waals surface area contributed by atoms with E-state index in [1.54, 1.807) is 12.1 Å². The minimum atomic E-state index is -0.399. The summed E-state index contributed by atoms with van der Waals surface area (Å²) in [5.41, 5.74) is 1.18. The van der Waals surface area contributed by atoms with Crippen LogP contribution >= 0.6 is 0 Å². The second kappa shape index (κ2) is 9.15. The maximum Gasteiger partial charge on any atom is 0.294 e. The second-order valence-electron chi connectivity index (χ2n) is 4.59. The Hall–Kier alpha value is -1.86. The molecule has 0 atom stereocenters. The zero-order chi connectivity index (χ0) is 15.7. The lowest BCUT2D eigenvalue weighted by Gasteiger charge is -2.18. The molecular formula is C14H24N4O3. The van der Waals surface area contributed by atoms with Crippen molar-refractivity contribution in [3.63, 3.8) is 0 Å². The summed E-state index contributed by atoms with van der Waals surface area (Å²) in [6, 6.07) is 4.94. The Morgan fingerprint density at radius 1 is 1.24 bits per heavy atom. The third-order valence-electron chi connectivity index (χ3n) is 3.27. The van der Waals surface area contributed by atoms with Crippen molar-refractivity contribution in [3.8, 4) is 0 Å². The number of benzene rings is 1. The van der Waals surface area contributed by atoms with Gasteiger partial charge in [-0.2, -0.15) is 0 Å². The molecule has 0 unspecified atom stereocenters. The van der Waals surface area contributed by atoms with Crippen molar-refractivity contribution in [2.24, 2.45) is 0 Å². The molecule has 21 heavy (non-hydrogen) atoms. The molecule has 0 radical (unpaired) electrons. The van der Waals surface area contributed by atoms with Gasteiger partial charge in [-0.15, -0.1) is 0 Å². The topological polar surface area (TPSA) is 90.7 Å². The van der Waals surface area contributed by atoms with Crippen LogP contribution in [-0.4, -0.2) is 54.3 Å². The maximum atomic E-state index is 11.1. The molecule has 0 aliphatic rings. The van der Waals surface area contributed by atoms with E-state index >= 15 is 0 Å². The number of hydrogen-bond acceptors (Lipinski definition) is 6. The van der Waals surface area contributed by atoms with Gasteiger partial charge in [-0.1, -0.05) is 13.8 Å². The van der Waals surface area contributed by atoms with E-state index in [1.807, 2.05) is 0 Å². The molecule has 0 bridgehead atoms. The van der Waals surface area contributed by atoms with E-state index < -0.39 is 4.92 Å². The quantitative estimate of drug-likeness (QED) is 0.450. The predicted octanol–water partition coefficient (Wildman–Crippen LogP) is 1.75. The van der Waals surface area contributed by atoms with Gasteiger partial charge in [0.25, 0.3) is 5.69 Å². The van der Waals surface area contributed by atoms with Crippen LogP contribution in [0.25, 0.3) is 0 Å². The number of nitro benzene ring substituents is 1. The summed E-state index contributed by atoms with van der Waals surface area (Å²) in [6.07, 6.45) is 0. The van der Waals surface area contributed by atoms with Gasteiger partial charge in [0.05, 0.1) is 11.5 Å². The number of nitrogens with zero attached hydrogens (tertiary/aromatic N) is 2. The molecule has 0 saturated heterocycles. The average Bonchev–Trinajstić information content (AvgIpc) is 2.50. The van der Waals surface area contributed by atoms with Gasteiger partial charge in [-0.3, -0.25) is 10.1 Å². The van der Waals surface area contributed by atoms with Crippen LogP contribution in [0.5, 0.6) is 0 Å². The van der Waals surface area contributed by atoms with E-state index in [9.17, 15) is 10.1 Å². The third kappa shape index (κ3) is 5.57. The molecule has 0 aromatic heterocycles. The highest BCUT2D eigenvalue weighted by atomic mass is 16.6. The van der Waals surface area contributed by atoms with E-state index in [1.165, 1.54) is 6.07 Å². The Bertz CT molecular complexity index is 450. The fraction of sp³-hybridized carbons (Fsp3) is 0.571. The van der Waals surface area contributed by atoms with Gasteiger partial charge in [0, 0.05) is 31.4 Å². The van der Waals surface area contributed by atoms with Gasteiger partial charge < -0.3 is 20.6 Å². The van der Waals surface area contributed by atoms with Crippen LogP contribution in [0.15, 0.2) is 18.2 Å². The summed E-state index contributed by atoms with van der Waals surface area (Å²) >= 11 is 0. The van der Waals surface area contributed by atoms with Gasteiger partial charge in [0.1, 0.15) is 5.69 Å². The van der Waals surface area contributed by atoms with Crippen LogP contribution in [0.3, 0.4) is 0 Å². The molecule has 1 rings (SSSR count). The average molecular weight is 296 g/mol. The fourth-order valence-corrected chi connectivity index (χ4v) is 2.03. The largest absolute Gasteiger partial charge is 0.395 e. The normalized spacial score (nSPS) is 10.7. The molecule has 0 spiro atoms. The van der Waals surface area contributed by atoms with Crippen LogP contribution < -0.4 is 10.6 Å². The maximum absolute atomic E-state index is 11.1. The highest BCUT2D eigenvalue weighted by Crippen LogP contribution is 2.27. The fourth-order valence-electron chi connectivity index (χ4n) is 2.03. The summed E-state index contributed by atoms with van der Waals surface area (Å²) in [5, 5.41) is 25.9. The number of aliphatic hydroxyl groups excluding tert-OH is 1. The van der Waals surface area contributed by atoms with Crippen molar-refractivity contribution in [1.29, 1.82) is 0 Å². The molecule has 3 N–H and O–H groups in total. The van der Waals surface area contributed by atoms with Gasteiger partial charge in [-0.05, 0) is 25.2 Å². The number of nitro groups is 1. The van der Waals surface area contributed by atoms with Crippen molar-refractivity contribution < 1.29 is 10.0 Å². The first-order valence-corrected chi connectivity index (χ1v) is 7.21. The molecule has 7 nitrogen and oxygen atoms in total. The van der Waals surface area contributed by atoms with Gasteiger partial charge in [0.2, 0.25) is 0 Å². The lowest BCUT2D eigenvalue weighted by atomic mass is 10.2. The van der Waals surface area contributed by atoms with Crippen molar-refractivity contribution in [1.82, 2.24) is 4.90 Å². The number of rotatable bonds is 10. The molecule has 0 fully saturated rings. The van der Waals surface area contributed by atoms with Crippen molar-refractivity contribution in [2.75, 3.05) is 50.0 Å². The first-order valence-electron chi connectivity index (χ1n) is 7.21. The zero-order valence-corrected chi connectivity index (χ0v) is 12.6. The summed E-state index contributed by atoms with van der Waals surface area (Å²) in [7, 11) is 0. The second-order valence-corrected chi connectivity index (χ2v) is 4.59. The van der Waals surface area contributed by atoms with E-state index in [2.05, 4.69) is 29.4 Å². The van der Waals surface area contributed by atoms with Crippen LogP contribution in [0.2, 0.25) is 0 Å². The molecule has 1 aromatic carbocycles. The lowest BCUT2D eigenvalue weighted by Crippen LogP contribution is -2.28. The zero-order valence-electron chi connectivity index (χ0n) is 12.6. The molecular weight excluding hydrogens is 272 g/mol. The predicted molar refractivity (Wildman–Crippen MR) is 84.9 cm³/mol. The number of hydrogen-bond donors (Lipinski definition) is 3. The van der Waals surface area contributed by atoms with Gasteiger partial charge in [-0.25, -0.2) is 0 Å². The smallest absolute Gasteiger partial charge is 0.294 e. The number of likely N-dealkylation sites (N-methyl/N-ethyl adjacent to an activating group) is 1. The van der Waals surface area contributed by atoms with E-state index in [0.717, 1.165) is 19.6 Å². The summed E-state index contributed by atoms with van der Waals surface area (Å²) in [5.74, 6) is 0. The van der Waals surface area contributed by atoms with Crippen LogP contribution in [-0.2, 0) is 0 Å². The molecule has 0 aliphatic heterocycles. The van der Waals surface area contributed by atoms with E-state index in [0.29, 0.717) is 24.5 Å². The molecule has 0 saturated carbocycles. The third-order valence-corrected chi connectivity index (χ3v) is 3.27. The Labute approximate surface area is 125 Å². The first-order chi connectivity index (χ1) is 10.1. The minimum Gasteiger partial charge on any atom is -0.395 e. The Morgan fingerprint density at radius 2 is 1.95 bits per heavy atom. The molecule has 0 aliphatic carbocycles. The van der Waals surface area contributed by atoms with Crippen molar-refractivity contribution in [2.45, 2.75) is 13.8 Å². The summed E-state index contributed by atoms with van der Waals surface area (Å²) in [6.45, 7) is 7.96. The molecule has 0 heterocycles. The van der Waals surface area contributed by atoms with Crippen LogP contribution in [0.4, 0.5) is 17.1 Å². The van der Waals surface area contributed by atoms with Gasteiger partial charge in [0.15, 0.2) is 0 Å². The van der Waals surface area contributed by atoms with Gasteiger partial charge >= 0.3 is 0 Å². The SMILES string of the molecule is CCN(CC)CCNc1ccc(NCCO)cc1[N+](=O)[O-]. The standard InChI is InChI=1S/C14H24N4O3/c1-3-17(4-2)9-7-16-13-6-5-12(15-8-10-19)11-14(13)18(20)21/h5-6,11,15-16,19H,3-4,7-10H2,1-2H3. The number of nitrogens with one attached hydrogen (secondary N) is 2. The van der Waals surface area contributed by atoms with E-state index in [-0.39, 0.29) is 12.3 Å². The Morgan fingerprint density at radius 3 is 2.52 bits per heavy atom. The minimum absolute atomic E-state index is 0.0162. The number of aliphatic hydroxyl groups is 1. The van der Waals surface area contributed by atoms with Crippen molar-refractivity contribution >= 4 is 17.1 Å². The molecule has 0 amide bonds. The van der Waals surface area contributed by atoms with Crippen LogP contribution in [0, 0.1) is 10.1 Å². The summed E-state index contributed by atoms with van der Waals surface area (Å²) in [4.78, 5) is 13.0. The monoisotopic (exact) mass is 296 g/mol. The lowest BCUT2D eigenvalue weighted by molar-refractivity contribution is -0.383. The Balaban J connectivity index is 2.70.